The SMILES string of the molecule is NCC(Nc1ccc(Cl)cc1)c1ccc(Br)cc1F. The van der Waals surface area contributed by atoms with Gasteiger partial charge in [0.05, 0.1) is 6.04 Å². The second kappa shape index (κ2) is 6.37. The van der Waals surface area contributed by atoms with E-state index in [1.54, 1.807) is 24.3 Å². The van der Waals surface area contributed by atoms with Crippen LogP contribution in [0.2, 0.25) is 5.02 Å². The molecule has 2 aromatic rings. The molecule has 19 heavy (non-hydrogen) atoms. The lowest BCUT2D eigenvalue weighted by molar-refractivity contribution is 0.592. The van der Waals surface area contributed by atoms with E-state index < -0.39 is 0 Å². The molecule has 0 spiro atoms. The van der Waals surface area contributed by atoms with E-state index >= 15 is 0 Å². The third-order valence-corrected chi connectivity index (χ3v) is 3.50. The van der Waals surface area contributed by atoms with Gasteiger partial charge in [-0.3, -0.25) is 0 Å². The molecular weight excluding hydrogens is 331 g/mol. The normalized spacial score (nSPS) is 12.2. The summed E-state index contributed by atoms with van der Waals surface area (Å²) in [6.45, 7) is 0.293. The van der Waals surface area contributed by atoms with E-state index in [0.717, 1.165) is 5.69 Å². The van der Waals surface area contributed by atoms with Crippen LogP contribution in [-0.4, -0.2) is 6.54 Å². The molecule has 3 N–H and O–H groups in total. The number of nitrogens with two attached hydrogens (primary N) is 1. The molecule has 0 radical (unpaired) electrons. The summed E-state index contributed by atoms with van der Waals surface area (Å²) in [5.74, 6) is -0.286. The van der Waals surface area contributed by atoms with E-state index in [4.69, 9.17) is 17.3 Å². The van der Waals surface area contributed by atoms with Gasteiger partial charge in [0, 0.05) is 27.3 Å². The van der Waals surface area contributed by atoms with E-state index in [1.807, 2.05) is 12.1 Å². The lowest BCUT2D eigenvalue weighted by atomic mass is 10.1. The number of anilines is 1. The highest BCUT2D eigenvalue weighted by Crippen LogP contribution is 2.24. The standard InChI is InChI=1S/C14H13BrClFN2/c15-9-1-6-12(13(17)7-9)14(8-18)19-11-4-2-10(16)3-5-11/h1-7,14,19H,8,18H2. The summed E-state index contributed by atoms with van der Waals surface area (Å²) in [5, 5.41) is 3.85. The van der Waals surface area contributed by atoms with Crippen molar-refractivity contribution in [3.8, 4) is 0 Å². The molecule has 0 fully saturated rings. The minimum absolute atomic E-state index is 0.283. The van der Waals surface area contributed by atoms with Gasteiger partial charge in [0.1, 0.15) is 5.82 Å². The zero-order chi connectivity index (χ0) is 13.8. The molecule has 2 nitrogen and oxygen atoms in total. The monoisotopic (exact) mass is 342 g/mol. The van der Waals surface area contributed by atoms with Crippen molar-refractivity contribution >= 4 is 33.2 Å². The maximum Gasteiger partial charge on any atom is 0.129 e. The molecule has 0 heterocycles. The van der Waals surface area contributed by atoms with Crippen LogP contribution in [0.3, 0.4) is 0 Å². The average molecular weight is 344 g/mol. The Morgan fingerprint density at radius 2 is 1.89 bits per heavy atom. The summed E-state index contributed by atoms with van der Waals surface area (Å²) in [4.78, 5) is 0. The smallest absolute Gasteiger partial charge is 0.129 e. The van der Waals surface area contributed by atoms with Gasteiger partial charge in [0.2, 0.25) is 0 Å². The number of hydrogen-bond donors (Lipinski definition) is 2. The Bertz CT molecular complexity index is 560. The van der Waals surface area contributed by atoms with Crippen molar-refractivity contribution in [1.82, 2.24) is 0 Å². The molecule has 0 aliphatic carbocycles. The minimum Gasteiger partial charge on any atom is -0.377 e. The molecule has 2 rings (SSSR count). The summed E-state index contributed by atoms with van der Waals surface area (Å²) >= 11 is 9.06. The number of nitrogens with one attached hydrogen (secondary N) is 1. The Kier molecular flexibility index (Phi) is 4.80. The van der Waals surface area contributed by atoms with Crippen LogP contribution in [0, 0.1) is 5.82 Å². The van der Waals surface area contributed by atoms with Crippen LogP contribution < -0.4 is 11.1 Å². The van der Waals surface area contributed by atoms with Crippen LogP contribution in [0.1, 0.15) is 11.6 Å². The first kappa shape index (κ1) is 14.3. The third kappa shape index (κ3) is 3.69. The van der Waals surface area contributed by atoms with Crippen LogP contribution in [0.25, 0.3) is 0 Å². The largest absolute Gasteiger partial charge is 0.377 e. The minimum atomic E-state index is -0.286. The maximum atomic E-state index is 13.9. The molecule has 0 saturated carbocycles. The second-order valence-corrected chi connectivity index (χ2v) is 5.46. The predicted molar refractivity (Wildman–Crippen MR) is 81.0 cm³/mol. The van der Waals surface area contributed by atoms with Gasteiger partial charge in [-0.25, -0.2) is 4.39 Å². The summed E-state index contributed by atoms with van der Waals surface area (Å²) in [6.07, 6.45) is 0. The fourth-order valence-corrected chi connectivity index (χ4v) is 2.25. The van der Waals surface area contributed by atoms with Crippen molar-refractivity contribution in [2.75, 3.05) is 11.9 Å². The van der Waals surface area contributed by atoms with E-state index in [-0.39, 0.29) is 11.9 Å². The molecule has 0 bridgehead atoms. The molecule has 0 aliphatic heterocycles. The zero-order valence-electron chi connectivity index (χ0n) is 10.0. The van der Waals surface area contributed by atoms with Crippen LogP contribution in [0.15, 0.2) is 46.9 Å². The molecule has 1 atom stereocenters. The van der Waals surface area contributed by atoms with Crippen molar-refractivity contribution in [3.63, 3.8) is 0 Å². The van der Waals surface area contributed by atoms with Crippen molar-refractivity contribution < 1.29 is 4.39 Å². The zero-order valence-corrected chi connectivity index (χ0v) is 12.4. The van der Waals surface area contributed by atoms with Gasteiger partial charge in [0.25, 0.3) is 0 Å². The molecule has 0 amide bonds. The quantitative estimate of drug-likeness (QED) is 0.866. The summed E-state index contributed by atoms with van der Waals surface area (Å²) in [6, 6.07) is 11.9. The highest BCUT2D eigenvalue weighted by atomic mass is 79.9. The number of benzene rings is 2. The highest BCUT2D eigenvalue weighted by Gasteiger charge is 2.14. The number of rotatable bonds is 4. The predicted octanol–water partition coefficient (Wildman–Crippen LogP) is 4.35. The van der Waals surface area contributed by atoms with Crippen molar-refractivity contribution in [2.45, 2.75) is 6.04 Å². The maximum absolute atomic E-state index is 13.9. The third-order valence-electron chi connectivity index (χ3n) is 2.76. The van der Waals surface area contributed by atoms with Gasteiger partial charge in [-0.1, -0.05) is 33.6 Å². The molecule has 1 unspecified atom stereocenters. The van der Waals surface area contributed by atoms with Crippen LogP contribution in [-0.2, 0) is 0 Å². The van der Waals surface area contributed by atoms with E-state index in [9.17, 15) is 4.39 Å². The van der Waals surface area contributed by atoms with Crippen LogP contribution in [0.5, 0.6) is 0 Å². The molecule has 2 aromatic carbocycles. The van der Waals surface area contributed by atoms with Gasteiger partial charge in [-0.05, 0) is 36.4 Å². The molecule has 0 saturated heterocycles. The Hall–Kier alpha value is -1.10. The average Bonchev–Trinajstić information content (AvgIpc) is 2.39. The molecule has 0 aliphatic rings. The first-order valence-corrected chi connectivity index (χ1v) is 6.94. The molecule has 100 valence electrons. The Morgan fingerprint density at radius 1 is 1.21 bits per heavy atom. The first-order chi connectivity index (χ1) is 9.10. The molecular formula is C14H13BrClFN2. The molecule has 5 heteroatoms. The van der Waals surface area contributed by atoms with E-state index in [1.165, 1.54) is 6.07 Å². The fourth-order valence-electron chi connectivity index (χ4n) is 1.80. The van der Waals surface area contributed by atoms with Crippen LogP contribution in [0.4, 0.5) is 10.1 Å². The number of halogens is 3. The van der Waals surface area contributed by atoms with Crippen molar-refractivity contribution in [3.05, 3.63) is 63.3 Å². The van der Waals surface area contributed by atoms with Gasteiger partial charge in [-0.2, -0.15) is 0 Å². The fraction of sp³-hybridized carbons (Fsp3) is 0.143. The summed E-state index contributed by atoms with van der Waals surface area (Å²) < 4.78 is 14.6. The van der Waals surface area contributed by atoms with Gasteiger partial charge in [-0.15, -0.1) is 0 Å². The Labute approximate surface area is 124 Å². The van der Waals surface area contributed by atoms with E-state index in [0.29, 0.717) is 21.6 Å². The summed E-state index contributed by atoms with van der Waals surface area (Å²) in [5.41, 5.74) is 7.11. The van der Waals surface area contributed by atoms with Gasteiger partial charge >= 0.3 is 0 Å². The first-order valence-electron chi connectivity index (χ1n) is 5.77. The highest BCUT2D eigenvalue weighted by molar-refractivity contribution is 9.10. The lowest BCUT2D eigenvalue weighted by Crippen LogP contribution is -2.21. The summed E-state index contributed by atoms with van der Waals surface area (Å²) in [7, 11) is 0. The second-order valence-electron chi connectivity index (χ2n) is 4.11. The van der Waals surface area contributed by atoms with Gasteiger partial charge < -0.3 is 11.1 Å². The van der Waals surface area contributed by atoms with Gasteiger partial charge in [0.15, 0.2) is 0 Å². The molecule has 0 aromatic heterocycles. The lowest BCUT2D eigenvalue weighted by Gasteiger charge is -2.19. The Balaban J connectivity index is 2.22. The van der Waals surface area contributed by atoms with Crippen molar-refractivity contribution in [2.24, 2.45) is 5.73 Å². The van der Waals surface area contributed by atoms with Crippen LogP contribution >= 0.6 is 27.5 Å². The van der Waals surface area contributed by atoms with E-state index in [2.05, 4.69) is 21.2 Å². The van der Waals surface area contributed by atoms with Crippen molar-refractivity contribution in [1.29, 1.82) is 0 Å². The number of hydrogen-bond acceptors (Lipinski definition) is 2. The Morgan fingerprint density at radius 3 is 2.47 bits per heavy atom. The topological polar surface area (TPSA) is 38.0 Å².